The molecule has 6 nitrogen and oxygen atoms in total. The molecule has 1 heterocycles. The molecular formula is C10H11BrN4O2S. The van der Waals surface area contributed by atoms with Crippen molar-refractivity contribution in [1.29, 1.82) is 0 Å². The lowest BCUT2D eigenvalue weighted by Gasteiger charge is -2.08. The SMILES string of the molecule is Cn1ccc(NS(=O)(=O)c2ccc(Br)cc2N)n1. The molecule has 0 saturated heterocycles. The van der Waals surface area contributed by atoms with E-state index in [1.165, 1.54) is 16.8 Å². The largest absolute Gasteiger partial charge is 0.398 e. The lowest BCUT2D eigenvalue weighted by molar-refractivity contribution is 0.601. The molecule has 2 rings (SSSR count). The van der Waals surface area contributed by atoms with E-state index in [0.717, 1.165) is 4.47 Å². The molecule has 0 bridgehead atoms. The van der Waals surface area contributed by atoms with Crippen LogP contribution >= 0.6 is 15.9 Å². The van der Waals surface area contributed by atoms with Gasteiger partial charge < -0.3 is 5.73 Å². The summed E-state index contributed by atoms with van der Waals surface area (Å²) in [6.45, 7) is 0. The van der Waals surface area contributed by atoms with Crippen LogP contribution in [0.2, 0.25) is 0 Å². The van der Waals surface area contributed by atoms with Crippen molar-refractivity contribution in [2.75, 3.05) is 10.5 Å². The van der Waals surface area contributed by atoms with Gasteiger partial charge in [-0.3, -0.25) is 9.40 Å². The first-order valence-electron chi connectivity index (χ1n) is 4.96. The minimum absolute atomic E-state index is 0.0244. The molecule has 0 atom stereocenters. The fourth-order valence-electron chi connectivity index (χ4n) is 1.43. The van der Waals surface area contributed by atoms with Gasteiger partial charge in [-0.2, -0.15) is 5.10 Å². The Morgan fingerprint density at radius 2 is 2.11 bits per heavy atom. The van der Waals surface area contributed by atoms with Crippen LogP contribution in [0.15, 0.2) is 39.8 Å². The molecule has 2 aromatic rings. The molecule has 0 radical (unpaired) electrons. The highest BCUT2D eigenvalue weighted by Gasteiger charge is 2.18. The number of nitrogens with one attached hydrogen (secondary N) is 1. The van der Waals surface area contributed by atoms with Crippen molar-refractivity contribution in [3.63, 3.8) is 0 Å². The van der Waals surface area contributed by atoms with Gasteiger partial charge in [0.2, 0.25) is 0 Å². The summed E-state index contributed by atoms with van der Waals surface area (Å²) in [6, 6.07) is 6.15. The van der Waals surface area contributed by atoms with E-state index in [1.54, 1.807) is 25.4 Å². The maximum atomic E-state index is 12.1. The van der Waals surface area contributed by atoms with Crippen LogP contribution in [0.4, 0.5) is 11.5 Å². The zero-order chi connectivity index (χ0) is 13.3. The molecule has 0 spiro atoms. The molecule has 0 aliphatic rings. The number of benzene rings is 1. The maximum Gasteiger partial charge on any atom is 0.265 e. The van der Waals surface area contributed by atoms with Crippen LogP contribution in [-0.2, 0) is 17.1 Å². The second kappa shape index (κ2) is 4.62. The Bertz CT molecular complexity index is 681. The summed E-state index contributed by atoms with van der Waals surface area (Å²) < 4.78 is 28.8. The molecule has 8 heteroatoms. The van der Waals surface area contributed by atoms with Crippen LogP contribution in [0, 0.1) is 0 Å². The number of hydrogen-bond acceptors (Lipinski definition) is 4. The summed E-state index contributed by atoms with van der Waals surface area (Å²) in [5, 5.41) is 3.94. The van der Waals surface area contributed by atoms with Crippen LogP contribution in [0.25, 0.3) is 0 Å². The fourth-order valence-corrected chi connectivity index (χ4v) is 2.92. The fraction of sp³-hybridized carbons (Fsp3) is 0.100. The van der Waals surface area contributed by atoms with Crippen LogP contribution < -0.4 is 10.5 Å². The van der Waals surface area contributed by atoms with Gasteiger partial charge in [-0.25, -0.2) is 8.42 Å². The van der Waals surface area contributed by atoms with E-state index in [9.17, 15) is 8.42 Å². The number of rotatable bonds is 3. The van der Waals surface area contributed by atoms with Gasteiger partial charge in [-0.15, -0.1) is 0 Å². The smallest absolute Gasteiger partial charge is 0.265 e. The minimum atomic E-state index is -3.72. The van der Waals surface area contributed by atoms with E-state index in [4.69, 9.17) is 5.73 Å². The molecule has 3 N–H and O–H groups in total. The number of sulfonamides is 1. The lowest BCUT2D eigenvalue weighted by Crippen LogP contribution is -2.15. The number of aryl methyl sites for hydroxylation is 1. The first-order valence-corrected chi connectivity index (χ1v) is 7.23. The van der Waals surface area contributed by atoms with Crippen molar-refractivity contribution in [2.24, 2.45) is 7.05 Å². The molecule has 0 fully saturated rings. The Kier molecular flexibility index (Phi) is 3.31. The number of anilines is 2. The van der Waals surface area contributed by atoms with E-state index >= 15 is 0 Å². The molecule has 0 saturated carbocycles. The van der Waals surface area contributed by atoms with Crippen LogP contribution in [0.3, 0.4) is 0 Å². The summed E-state index contributed by atoms with van der Waals surface area (Å²) in [4.78, 5) is 0.0244. The molecule has 1 aromatic carbocycles. The molecule has 1 aromatic heterocycles. The Morgan fingerprint density at radius 3 is 2.67 bits per heavy atom. The summed E-state index contributed by atoms with van der Waals surface area (Å²) in [5.41, 5.74) is 5.87. The predicted molar refractivity (Wildman–Crippen MR) is 72.6 cm³/mol. The number of nitrogen functional groups attached to an aromatic ring is 1. The third-order valence-corrected chi connectivity index (χ3v) is 4.14. The third-order valence-electron chi connectivity index (χ3n) is 2.21. The van der Waals surface area contributed by atoms with E-state index in [1.807, 2.05) is 0 Å². The van der Waals surface area contributed by atoms with Gasteiger partial charge in [-0.1, -0.05) is 15.9 Å². The normalized spacial score (nSPS) is 11.4. The summed E-state index contributed by atoms with van der Waals surface area (Å²) in [6.07, 6.45) is 1.64. The van der Waals surface area contributed by atoms with E-state index in [2.05, 4.69) is 25.8 Å². The van der Waals surface area contributed by atoms with Crippen LogP contribution in [0.1, 0.15) is 0 Å². The molecule has 0 amide bonds. The second-order valence-electron chi connectivity index (χ2n) is 3.66. The maximum absolute atomic E-state index is 12.1. The Hall–Kier alpha value is -1.54. The Labute approximate surface area is 113 Å². The molecular weight excluding hydrogens is 320 g/mol. The van der Waals surface area contributed by atoms with Crippen LogP contribution in [0.5, 0.6) is 0 Å². The van der Waals surface area contributed by atoms with Crippen molar-refractivity contribution >= 4 is 37.5 Å². The number of nitrogens with two attached hydrogens (primary N) is 1. The van der Waals surface area contributed by atoms with Gasteiger partial charge in [0.05, 0.1) is 5.69 Å². The predicted octanol–water partition coefficient (Wildman–Crippen LogP) is 1.57. The molecule has 0 aliphatic heterocycles. The Balaban J connectivity index is 2.36. The number of aromatic nitrogens is 2. The highest BCUT2D eigenvalue weighted by atomic mass is 79.9. The number of halogens is 1. The molecule has 0 aliphatic carbocycles. The molecule has 96 valence electrons. The summed E-state index contributed by atoms with van der Waals surface area (Å²) >= 11 is 3.22. The van der Waals surface area contributed by atoms with Gasteiger partial charge in [0.15, 0.2) is 5.82 Å². The topological polar surface area (TPSA) is 90.0 Å². The van der Waals surface area contributed by atoms with Gasteiger partial charge in [-0.05, 0) is 18.2 Å². The first kappa shape index (κ1) is 12.9. The molecule has 0 unspecified atom stereocenters. The van der Waals surface area contributed by atoms with Gasteiger partial charge in [0.25, 0.3) is 10.0 Å². The quantitative estimate of drug-likeness (QED) is 0.836. The average Bonchev–Trinajstić information content (AvgIpc) is 2.62. The zero-order valence-corrected chi connectivity index (χ0v) is 11.9. The summed E-state index contributed by atoms with van der Waals surface area (Å²) in [7, 11) is -2.02. The monoisotopic (exact) mass is 330 g/mol. The highest BCUT2D eigenvalue weighted by molar-refractivity contribution is 9.10. The van der Waals surface area contributed by atoms with Gasteiger partial charge in [0.1, 0.15) is 4.90 Å². The van der Waals surface area contributed by atoms with Gasteiger partial charge in [0, 0.05) is 23.8 Å². The minimum Gasteiger partial charge on any atom is -0.398 e. The Morgan fingerprint density at radius 1 is 1.39 bits per heavy atom. The highest BCUT2D eigenvalue weighted by Crippen LogP contribution is 2.24. The number of nitrogens with zero attached hydrogens (tertiary/aromatic N) is 2. The number of hydrogen-bond donors (Lipinski definition) is 2. The summed E-state index contributed by atoms with van der Waals surface area (Å²) in [5.74, 6) is 0.250. The van der Waals surface area contributed by atoms with Crippen molar-refractivity contribution in [2.45, 2.75) is 4.90 Å². The van der Waals surface area contributed by atoms with E-state index < -0.39 is 10.0 Å². The first-order chi connectivity index (χ1) is 8.38. The van der Waals surface area contributed by atoms with E-state index in [0.29, 0.717) is 0 Å². The third kappa shape index (κ3) is 2.65. The van der Waals surface area contributed by atoms with Crippen molar-refractivity contribution in [3.8, 4) is 0 Å². The molecule has 18 heavy (non-hydrogen) atoms. The average molecular weight is 331 g/mol. The van der Waals surface area contributed by atoms with Crippen molar-refractivity contribution < 1.29 is 8.42 Å². The second-order valence-corrected chi connectivity index (χ2v) is 6.23. The lowest BCUT2D eigenvalue weighted by atomic mass is 10.3. The van der Waals surface area contributed by atoms with Crippen LogP contribution in [-0.4, -0.2) is 18.2 Å². The van der Waals surface area contributed by atoms with Crippen molar-refractivity contribution in [3.05, 3.63) is 34.9 Å². The van der Waals surface area contributed by atoms with E-state index in [-0.39, 0.29) is 16.4 Å². The zero-order valence-electron chi connectivity index (χ0n) is 9.46. The van der Waals surface area contributed by atoms with Crippen molar-refractivity contribution in [1.82, 2.24) is 9.78 Å². The standard InChI is InChI=1S/C10H11BrN4O2S/c1-15-5-4-10(13-15)14-18(16,17)9-3-2-7(11)6-8(9)12/h2-6H,12H2,1H3,(H,13,14). The van der Waals surface area contributed by atoms with Gasteiger partial charge >= 0.3 is 0 Å².